The molecule has 1 heterocycles. The second-order valence-corrected chi connectivity index (χ2v) is 13.2. The quantitative estimate of drug-likeness (QED) is 0.156. The van der Waals surface area contributed by atoms with E-state index in [0.717, 1.165) is 11.1 Å². The Balaban J connectivity index is 1.36. The number of amides is 3. The van der Waals surface area contributed by atoms with Crippen molar-refractivity contribution >= 4 is 40.3 Å². The van der Waals surface area contributed by atoms with Crippen molar-refractivity contribution in [3.8, 4) is 28.5 Å². The van der Waals surface area contributed by atoms with E-state index in [1.807, 2.05) is 38.1 Å². The summed E-state index contributed by atoms with van der Waals surface area (Å²) in [5.74, 6) is -2.01. The minimum atomic E-state index is -1.13. The van der Waals surface area contributed by atoms with Crippen LogP contribution in [-0.4, -0.2) is 52.7 Å². The highest BCUT2D eigenvalue weighted by Gasteiger charge is 2.24. The number of hydrogen-bond donors (Lipinski definition) is 4. The SMILES string of the molecule is CC(C)(C)OC(=O)NCC(C)(C)c1cccc(C(=O)NCC(=O)Nc2nc(-c3cccc(-c4cc(C#N)cc(C(=O)O)c4)c3)cs2)c1. The fourth-order valence-corrected chi connectivity index (χ4v) is 5.26. The molecule has 3 aromatic carbocycles. The Morgan fingerprint density at radius 2 is 1.62 bits per heavy atom. The molecule has 0 bridgehead atoms. The Bertz CT molecular complexity index is 1870. The molecule has 0 aliphatic heterocycles. The molecule has 0 unspecified atom stereocenters. The summed E-state index contributed by atoms with van der Waals surface area (Å²) >= 11 is 1.22. The molecule has 4 N–H and O–H groups in total. The summed E-state index contributed by atoms with van der Waals surface area (Å²) in [6, 6.07) is 20.7. The lowest BCUT2D eigenvalue weighted by atomic mass is 9.84. The predicted molar refractivity (Wildman–Crippen MR) is 179 cm³/mol. The molecule has 0 atom stereocenters. The van der Waals surface area contributed by atoms with Crippen LogP contribution in [0.1, 0.15) is 66.5 Å². The number of anilines is 1. The monoisotopic (exact) mass is 653 g/mol. The van der Waals surface area contributed by atoms with E-state index in [1.165, 1.54) is 23.5 Å². The number of aromatic carboxylic acids is 1. The van der Waals surface area contributed by atoms with Crippen LogP contribution in [0.4, 0.5) is 9.93 Å². The van der Waals surface area contributed by atoms with Crippen molar-refractivity contribution in [1.29, 1.82) is 5.26 Å². The average Bonchev–Trinajstić information content (AvgIpc) is 3.50. The topological polar surface area (TPSA) is 171 Å². The Hall–Kier alpha value is -5.54. The van der Waals surface area contributed by atoms with Crippen molar-refractivity contribution in [2.45, 2.75) is 45.6 Å². The number of carbonyl (C=O) groups excluding carboxylic acids is 3. The number of thiazole rings is 1. The summed E-state index contributed by atoms with van der Waals surface area (Å²) in [4.78, 5) is 53.7. The van der Waals surface area contributed by atoms with E-state index in [4.69, 9.17) is 4.74 Å². The van der Waals surface area contributed by atoms with E-state index >= 15 is 0 Å². The molecule has 0 spiro atoms. The molecule has 4 rings (SSSR count). The van der Waals surface area contributed by atoms with Gasteiger partial charge in [-0.2, -0.15) is 5.26 Å². The van der Waals surface area contributed by atoms with Gasteiger partial charge in [-0.25, -0.2) is 14.6 Å². The van der Waals surface area contributed by atoms with Crippen molar-refractivity contribution in [2.75, 3.05) is 18.4 Å². The van der Waals surface area contributed by atoms with E-state index in [0.29, 0.717) is 27.5 Å². The summed E-state index contributed by atoms with van der Waals surface area (Å²) < 4.78 is 5.31. The molecule has 0 saturated heterocycles. The predicted octanol–water partition coefficient (Wildman–Crippen LogP) is 6.22. The van der Waals surface area contributed by atoms with E-state index < -0.39 is 34.9 Å². The van der Waals surface area contributed by atoms with Crippen LogP contribution in [0, 0.1) is 11.3 Å². The third-order valence-corrected chi connectivity index (χ3v) is 7.70. The minimum absolute atomic E-state index is 0.0133. The van der Waals surface area contributed by atoms with Crippen LogP contribution in [0.3, 0.4) is 0 Å². The van der Waals surface area contributed by atoms with Gasteiger partial charge in [-0.1, -0.05) is 44.2 Å². The molecule has 4 aromatic rings. The molecular formula is C35H35N5O6S. The number of nitrogens with one attached hydrogen (secondary N) is 3. The molecule has 0 radical (unpaired) electrons. The first-order valence-electron chi connectivity index (χ1n) is 14.6. The van der Waals surface area contributed by atoms with Crippen molar-refractivity contribution in [3.63, 3.8) is 0 Å². The molecule has 0 saturated carbocycles. The number of carbonyl (C=O) groups is 4. The van der Waals surface area contributed by atoms with Gasteiger partial charge in [0.1, 0.15) is 5.60 Å². The highest BCUT2D eigenvalue weighted by molar-refractivity contribution is 7.14. The molecule has 242 valence electrons. The van der Waals surface area contributed by atoms with Crippen LogP contribution < -0.4 is 16.0 Å². The van der Waals surface area contributed by atoms with Gasteiger partial charge in [0.05, 0.1) is 29.4 Å². The van der Waals surface area contributed by atoms with E-state index in [9.17, 15) is 29.5 Å². The van der Waals surface area contributed by atoms with Crippen LogP contribution in [0.5, 0.6) is 0 Å². The first kappa shape index (κ1) is 34.3. The number of nitrogens with zero attached hydrogens (tertiary/aromatic N) is 2. The van der Waals surface area contributed by atoms with Gasteiger partial charge < -0.3 is 25.8 Å². The summed E-state index contributed by atoms with van der Waals surface area (Å²) in [5, 5.41) is 29.0. The molecule has 47 heavy (non-hydrogen) atoms. The maximum Gasteiger partial charge on any atom is 0.407 e. The van der Waals surface area contributed by atoms with Crippen LogP contribution in [0.25, 0.3) is 22.4 Å². The maximum absolute atomic E-state index is 12.9. The summed E-state index contributed by atoms with van der Waals surface area (Å²) in [6.45, 7) is 9.25. The second-order valence-electron chi connectivity index (χ2n) is 12.4. The summed E-state index contributed by atoms with van der Waals surface area (Å²) in [5.41, 5.74) is 2.93. The van der Waals surface area contributed by atoms with Gasteiger partial charge in [-0.15, -0.1) is 11.3 Å². The standard InChI is InChI=1S/C35H35N5O6S/c1-34(2,3)46-33(45)38-20-35(4,5)27-11-7-10-24(16-27)30(42)37-18-29(41)40-32-39-28(19-47-32)23-9-6-8-22(14-23)25-12-21(17-36)13-26(15-25)31(43)44/h6-16,19H,18,20H2,1-5H3,(H,37,42)(H,38,45)(H,43,44)(H,39,40,41). The molecule has 0 aliphatic rings. The molecule has 3 amide bonds. The van der Waals surface area contributed by atoms with E-state index in [-0.39, 0.29) is 24.2 Å². The van der Waals surface area contributed by atoms with Gasteiger partial charge in [0.2, 0.25) is 5.91 Å². The fraction of sp³-hybridized carbons (Fsp3) is 0.257. The van der Waals surface area contributed by atoms with Crippen molar-refractivity contribution in [1.82, 2.24) is 15.6 Å². The van der Waals surface area contributed by atoms with Gasteiger partial charge in [-0.05, 0) is 73.9 Å². The van der Waals surface area contributed by atoms with E-state index in [2.05, 4.69) is 20.9 Å². The highest BCUT2D eigenvalue weighted by Crippen LogP contribution is 2.30. The molecular weight excluding hydrogens is 618 g/mol. The van der Waals surface area contributed by atoms with Gasteiger partial charge >= 0.3 is 12.1 Å². The number of nitriles is 1. The number of ether oxygens (including phenoxy) is 1. The molecule has 0 fully saturated rings. The van der Waals surface area contributed by atoms with Gasteiger partial charge in [0, 0.05) is 28.5 Å². The van der Waals surface area contributed by atoms with Crippen LogP contribution in [-0.2, 0) is 14.9 Å². The number of carboxylic acids is 1. The smallest absolute Gasteiger partial charge is 0.407 e. The zero-order valence-electron chi connectivity index (χ0n) is 26.6. The zero-order valence-corrected chi connectivity index (χ0v) is 27.5. The first-order chi connectivity index (χ1) is 22.1. The Morgan fingerprint density at radius 3 is 2.32 bits per heavy atom. The molecule has 12 heteroatoms. The van der Waals surface area contributed by atoms with Gasteiger partial charge in [-0.3, -0.25) is 9.59 Å². The summed E-state index contributed by atoms with van der Waals surface area (Å²) in [7, 11) is 0. The number of aromatic nitrogens is 1. The highest BCUT2D eigenvalue weighted by atomic mass is 32.1. The first-order valence-corrected chi connectivity index (χ1v) is 15.5. The number of hydrogen-bond acceptors (Lipinski definition) is 8. The molecule has 11 nitrogen and oxygen atoms in total. The van der Waals surface area contributed by atoms with Crippen LogP contribution in [0.15, 0.2) is 72.1 Å². The van der Waals surface area contributed by atoms with Crippen LogP contribution in [0.2, 0.25) is 0 Å². The Morgan fingerprint density at radius 1 is 0.894 bits per heavy atom. The maximum atomic E-state index is 12.9. The normalized spacial score (nSPS) is 11.2. The number of alkyl carbamates (subject to hydrolysis) is 1. The fourth-order valence-electron chi connectivity index (χ4n) is 4.52. The Kier molecular flexibility index (Phi) is 10.4. The average molecular weight is 654 g/mol. The van der Waals surface area contributed by atoms with Gasteiger partial charge in [0.25, 0.3) is 5.91 Å². The van der Waals surface area contributed by atoms with Gasteiger partial charge in [0.15, 0.2) is 5.13 Å². The number of rotatable bonds is 10. The lowest BCUT2D eigenvalue weighted by molar-refractivity contribution is -0.115. The minimum Gasteiger partial charge on any atom is -0.478 e. The van der Waals surface area contributed by atoms with Crippen molar-refractivity contribution in [3.05, 3.63) is 94.4 Å². The van der Waals surface area contributed by atoms with Crippen LogP contribution >= 0.6 is 11.3 Å². The third kappa shape index (κ3) is 9.48. The second kappa shape index (κ2) is 14.3. The summed E-state index contributed by atoms with van der Waals surface area (Å²) in [6.07, 6.45) is -0.523. The number of carboxylic acid groups (broad SMARTS) is 1. The Labute approximate surface area is 276 Å². The van der Waals surface area contributed by atoms with Crippen molar-refractivity contribution in [2.24, 2.45) is 0 Å². The lowest BCUT2D eigenvalue weighted by Gasteiger charge is -2.27. The lowest BCUT2D eigenvalue weighted by Crippen LogP contribution is -2.40. The zero-order chi connectivity index (χ0) is 34.4. The largest absolute Gasteiger partial charge is 0.478 e. The van der Waals surface area contributed by atoms with E-state index in [1.54, 1.807) is 62.5 Å². The molecule has 0 aliphatic carbocycles. The third-order valence-electron chi connectivity index (χ3n) is 6.94. The molecule has 1 aromatic heterocycles. The number of benzene rings is 3. The van der Waals surface area contributed by atoms with Crippen molar-refractivity contribution < 1.29 is 29.0 Å².